The highest BCUT2D eigenvalue weighted by Crippen LogP contribution is 2.41. The van der Waals surface area contributed by atoms with Crippen LogP contribution in [0.2, 0.25) is 0 Å². The number of hydrogen-bond donors (Lipinski definition) is 1. The number of ether oxygens (including phenoxy) is 1. The summed E-state index contributed by atoms with van der Waals surface area (Å²) in [5, 5.41) is 12.5. The van der Waals surface area contributed by atoms with Gasteiger partial charge >= 0.3 is 5.97 Å². The quantitative estimate of drug-likeness (QED) is 0.383. The Morgan fingerprint density at radius 1 is 1.13 bits per heavy atom. The predicted octanol–water partition coefficient (Wildman–Crippen LogP) is 6.24. The Labute approximate surface area is 226 Å². The zero-order valence-corrected chi connectivity index (χ0v) is 22.4. The highest BCUT2D eigenvalue weighted by molar-refractivity contribution is 8.18. The lowest BCUT2D eigenvalue weighted by molar-refractivity contribution is -0.138. The molecule has 196 valence electrons. The molecule has 7 nitrogen and oxygen atoms in total. The van der Waals surface area contributed by atoms with E-state index in [4.69, 9.17) is 4.74 Å². The largest absolute Gasteiger partial charge is 0.506 e. The van der Waals surface area contributed by atoms with Crippen LogP contribution in [0.3, 0.4) is 0 Å². The monoisotopic (exact) mass is 529 g/mol. The van der Waals surface area contributed by atoms with Gasteiger partial charge in [-0.15, -0.1) is 0 Å². The maximum absolute atomic E-state index is 13.2. The molecule has 0 spiro atoms. The summed E-state index contributed by atoms with van der Waals surface area (Å²) in [5.41, 5.74) is 2.52. The van der Waals surface area contributed by atoms with E-state index in [1.807, 2.05) is 76.3 Å². The topological polar surface area (TPSA) is 84.1 Å². The minimum absolute atomic E-state index is 0.0601. The van der Waals surface area contributed by atoms with Gasteiger partial charge in [-0.3, -0.25) is 4.79 Å². The molecule has 1 fully saturated rings. The first kappa shape index (κ1) is 25.9. The second-order valence-electron chi connectivity index (χ2n) is 9.47. The number of likely N-dealkylation sites (tertiary alicyclic amines) is 1. The van der Waals surface area contributed by atoms with Crippen molar-refractivity contribution >= 4 is 51.3 Å². The molecule has 0 radical (unpaired) electrons. The van der Waals surface area contributed by atoms with E-state index in [1.54, 1.807) is 6.92 Å². The predicted molar refractivity (Wildman–Crippen MR) is 152 cm³/mol. The fourth-order valence-corrected chi connectivity index (χ4v) is 6.01. The van der Waals surface area contributed by atoms with Crippen molar-refractivity contribution in [1.82, 2.24) is 9.47 Å². The first-order valence-corrected chi connectivity index (χ1v) is 13.8. The van der Waals surface area contributed by atoms with E-state index in [9.17, 15) is 14.7 Å². The van der Waals surface area contributed by atoms with Gasteiger partial charge in [-0.05, 0) is 57.4 Å². The molecular weight excluding hydrogens is 498 g/mol. The summed E-state index contributed by atoms with van der Waals surface area (Å²) in [7, 11) is 0. The number of aliphatic imine (C=N–C) groups is 1. The number of carbonyl (C=O) groups excluding carboxylic acids is 2. The van der Waals surface area contributed by atoms with Crippen molar-refractivity contribution in [3.8, 4) is 0 Å². The summed E-state index contributed by atoms with van der Waals surface area (Å²) < 4.78 is 7.19. The summed E-state index contributed by atoms with van der Waals surface area (Å²) in [5.74, 6) is -0.658. The van der Waals surface area contributed by atoms with Crippen LogP contribution in [0.1, 0.15) is 38.7 Å². The van der Waals surface area contributed by atoms with Crippen LogP contribution >= 0.6 is 11.8 Å². The Bertz CT molecular complexity index is 1450. The van der Waals surface area contributed by atoms with E-state index in [0.29, 0.717) is 15.6 Å². The number of aliphatic hydroxyl groups is 1. The summed E-state index contributed by atoms with van der Waals surface area (Å²) in [6.45, 7) is 5.07. The van der Waals surface area contributed by atoms with Gasteiger partial charge < -0.3 is 19.3 Å². The SMILES string of the molecule is CCOC(=O)C1=C(O)/C(=C/c2cn(CC(=O)N3CCCCC3C)c3ccccc23)SC1=Nc1ccccc1. The maximum Gasteiger partial charge on any atom is 0.344 e. The van der Waals surface area contributed by atoms with Gasteiger partial charge in [0.05, 0.1) is 17.2 Å². The molecule has 1 amide bonds. The number of fused-ring (bicyclic) bond motifs is 1. The molecule has 1 N–H and O–H groups in total. The van der Waals surface area contributed by atoms with Gasteiger partial charge in [0.25, 0.3) is 0 Å². The number of piperidine rings is 1. The molecule has 0 bridgehead atoms. The number of aromatic nitrogens is 1. The summed E-state index contributed by atoms with van der Waals surface area (Å²) in [4.78, 5) is 33.1. The van der Waals surface area contributed by atoms with E-state index in [-0.39, 0.29) is 36.4 Å². The van der Waals surface area contributed by atoms with Crippen molar-refractivity contribution in [3.63, 3.8) is 0 Å². The fourth-order valence-electron chi connectivity index (χ4n) is 4.98. The lowest BCUT2D eigenvalue weighted by Crippen LogP contribution is -2.43. The van der Waals surface area contributed by atoms with Crippen molar-refractivity contribution in [2.75, 3.05) is 13.2 Å². The van der Waals surface area contributed by atoms with Gasteiger partial charge in [0.2, 0.25) is 5.91 Å². The fraction of sp³-hybridized carbons (Fsp3) is 0.300. The number of benzene rings is 2. The third kappa shape index (κ3) is 5.27. The lowest BCUT2D eigenvalue weighted by Gasteiger charge is -2.33. The minimum atomic E-state index is -0.612. The highest BCUT2D eigenvalue weighted by atomic mass is 32.2. The first-order chi connectivity index (χ1) is 18.5. The number of para-hydroxylation sites is 2. The molecule has 8 heteroatoms. The number of carbonyl (C=O) groups is 2. The molecule has 2 aliphatic rings. The number of rotatable bonds is 6. The zero-order chi connectivity index (χ0) is 26.6. The first-order valence-electron chi connectivity index (χ1n) is 13.0. The highest BCUT2D eigenvalue weighted by Gasteiger charge is 2.33. The van der Waals surface area contributed by atoms with Crippen molar-refractivity contribution in [3.05, 3.63) is 82.6 Å². The summed E-state index contributed by atoms with van der Waals surface area (Å²) >= 11 is 1.23. The molecule has 1 atom stereocenters. The van der Waals surface area contributed by atoms with Crippen LogP contribution in [0.15, 0.2) is 82.0 Å². The number of aliphatic hydroxyl groups excluding tert-OH is 1. The Morgan fingerprint density at radius 3 is 2.66 bits per heavy atom. The van der Waals surface area contributed by atoms with Crippen molar-refractivity contribution in [1.29, 1.82) is 0 Å². The maximum atomic E-state index is 13.2. The zero-order valence-electron chi connectivity index (χ0n) is 21.6. The van der Waals surface area contributed by atoms with Gasteiger partial charge in [0.15, 0.2) is 0 Å². The van der Waals surface area contributed by atoms with Crippen LogP contribution < -0.4 is 0 Å². The van der Waals surface area contributed by atoms with E-state index in [2.05, 4.69) is 11.9 Å². The number of hydrogen-bond acceptors (Lipinski definition) is 6. The standard InChI is InChI=1S/C30H31N3O4S/c1-3-37-30(36)27-28(35)25(38-29(27)31-22-12-5-4-6-13-22)17-21-18-32(24-15-8-7-14-23(21)24)19-26(34)33-16-10-9-11-20(33)2/h4-8,12-15,17-18,20,35H,3,9-11,16,19H2,1-2H3/b25-17-,31-29?. The third-order valence-electron chi connectivity index (χ3n) is 6.89. The molecule has 38 heavy (non-hydrogen) atoms. The molecule has 3 aromatic rings. The van der Waals surface area contributed by atoms with Crippen LogP contribution in [0.5, 0.6) is 0 Å². The molecular formula is C30H31N3O4S. The molecule has 2 aliphatic heterocycles. The Balaban J connectivity index is 1.51. The lowest BCUT2D eigenvalue weighted by atomic mass is 10.0. The average Bonchev–Trinajstić information content (AvgIpc) is 3.41. The molecule has 3 heterocycles. The second kappa shape index (κ2) is 11.3. The smallest absolute Gasteiger partial charge is 0.344 e. The summed E-state index contributed by atoms with van der Waals surface area (Å²) in [6.07, 6.45) is 7.02. The van der Waals surface area contributed by atoms with Crippen molar-refractivity contribution in [2.24, 2.45) is 4.99 Å². The van der Waals surface area contributed by atoms with Crippen LogP contribution in [-0.4, -0.2) is 50.7 Å². The second-order valence-corrected chi connectivity index (χ2v) is 10.5. The van der Waals surface area contributed by atoms with Crippen LogP contribution in [-0.2, 0) is 20.9 Å². The van der Waals surface area contributed by atoms with Gasteiger partial charge in [-0.1, -0.05) is 48.2 Å². The molecule has 1 aromatic heterocycles. The third-order valence-corrected chi connectivity index (χ3v) is 7.91. The van der Waals surface area contributed by atoms with E-state index >= 15 is 0 Å². The number of amides is 1. The van der Waals surface area contributed by atoms with Gasteiger partial charge in [-0.25, -0.2) is 9.79 Å². The molecule has 2 aromatic carbocycles. The van der Waals surface area contributed by atoms with E-state index in [1.165, 1.54) is 11.8 Å². The number of thioether (sulfide) groups is 1. The molecule has 1 saturated heterocycles. The van der Waals surface area contributed by atoms with Crippen molar-refractivity contribution in [2.45, 2.75) is 45.7 Å². The van der Waals surface area contributed by atoms with Gasteiger partial charge in [0, 0.05) is 35.2 Å². The Morgan fingerprint density at radius 2 is 1.89 bits per heavy atom. The average molecular weight is 530 g/mol. The summed E-state index contributed by atoms with van der Waals surface area (Å²) in [6, 6.07) is 17.4. The number of nitrogens with zero attached hydrogens (tertiary/aromatic N) is 3. The van der Waals surface area contributed by atoms with Crippen LogP contribution in [0.4, 0.5) is 5.69 Å². The van der Waals surface area contributed by atoms with Crippen LogP contribution in [0, 0.1) is 0 Å². The van der Waals surface area contributed by atoms with Crippen LogP contribution in [0.25, 0.3) is 17.0 Å². The minimum Gasteiger partial charge on any atom is -0.506 e. The van der Waals surface area contributed by atoms with Gasteiger partial charge in [-0.2, -0.15) is 0 Å². The molecule has 0 aliphatic carbocycles. The van der Waals surface area contributed by atoms with Crippen molar-refractivity contribution < 1.29 is 19.4 Å². The van der Waals surface area contributed by atoms with Gasteiger partial charge in [0.1, 0.15) is 22.9 Å². The number of esters is 1. The Hall–Kier alpha value is -3.78. The molecule has 0 saturated carbocycles. The van der Waals surface area contributed by atoms with E-state index in [0.717, 1.165) is 42.3 Å². The molecule has 5 rings (SSSR count). The Kier molecular flexibility index (Phi) is 7.69. The normalized spacial score (nSPS) is 20.1. The van der Waals surface area contributed by atoms with E-state index < -0.39 is 5.97 Å². The molecule has 1 unspecified atom stereocenters.